The number of amides is 1. The maximum atomic E-state index is 12.6. The second kappa shape index (κ2) is 7.81. The van der Waals surface area contributed by atoms with Gasteiger partial charge in [-0.2, -0.15) is 0 Å². The van der Waals surface area contributed by atoms with Crippen LogP contribution < -0.4 is 0 Å². The van der Waals surface area contributed by atoms with E-state index in [1.54, 1.807) is 7.11 Å². The third-order valence-electron chi connectivity index (χ3n) is 4.20. The fourth-order valence-corrected chi connectivity index (χ4v) is 3.13. The maximum Gasteiger partial charge on any atom is 0.225 e. The molecule has 2 atom stereocenters. The monoisotopic (exact) mass is 309 g/mol. The minimum Gasteiger partial charge on any atom is -0.385 e. The number of carbonyl (C=O) groups excluding carboxylic acids is 1. The molecule has 1 fully saturated rings. The highest BCUT2D eigenvalue weighted by molar-refractivity contribution is 6.30. The standard InChI is InChI=1S/C17H24ClNO2/c1-13(5-4-12-21-2)17(20)19-11-3-6-16(19)14-7-9-15(18)10-8-14/h7-10,13,16H,3-6,11-12H2,1-2H3. The molecule has 2 unspecified atom stereocenters. The van der Waals surface area contributed by atoms with Gasteiger partial charge in [0.05, 0.1) is 6.04 Å². The van der Waals surface area contributed by atoms with Gasteiger partial charge in [0.2, 0.25) is 5.91 Å². The molecule has 1 heterocycles. The molecule has 3 nitrogen and oxygen atoms in total. The van der Waals surface area contributed by atoms with Crippen LogP contribution in [0.4, 0.5) is 0 Å². The van der Waals surface area contributed by atoms with Gasteiger partial charge in [0.1, 0.15) is 0 Å². The summed E-state index contributed by atoms with van der Waals surface area (Å²) in [5.74, 6) is 0.330. The third kappa shape index (κ3) is 4.21. The summed E-state index contributed by atoms with van der Waals surface area (Å²) in [5.41, 5.74) is 1.19. The number of hydrogen-bond acceptors (Lipinski definition) is 2. The zero-order chi connectivity index (χ0) is 15.2. The molecule has 0 aromatic heterocycles. The lowest BCUT2D eigenvalue weighted by Gasteiger charge is -2.28. The highest BCUT2D eigenvalue weighted by atomic mass is 35.5. The predicted molar refractivity (Wildman–Crippen MR) is 85.4 cm³/mol. The molecule has 21 heavy (non-hydrogen) atoms. The Morgan fingerprint density at radius 2 is 2.14 bits per heavy atom. The first-order valence-corrected chi connectivity index (χ1v) is 8.06. The summed E-state index contributed by atoms with van der Waals surface area (Å²) >= 11 is 5.95. The molecule has 0 bridgehead atoms. The van der Waals surface area contributed by atoms with Crippen LogP contribution in [0.15, 0.2) is 24.3 Å². The first-order valence-electron chi connectivity index (χ1n) is 7.68. The zero-order valence-electron chi connectivity index (χ0n) is 12.8. The first kappa shape index (κ1) is 16.3. The van der Waals surface area contributed by atoms with Crippen LogP contribution in [0.2, 0.25) is 5.02 Å². The van der Waals surface area contributed by atoms with Crippen LogP contribution in [0.5, 0.6) is 0 Å². The van der Waals surface area contributed by atoms with Gasteiger partial charge >= 0.3 is 0 Å². The summed E-state index contributed by atoms with van der Waals surface area (Å²) in [4.78, 5) is 14.7. The normalized spacial score (nSPS) is 19.8. The number of nitrogens with zero attached hydrogens (tertiary/aromatic N) is 1. The van der Waals surface area contributed by atoms with Crippen LogP contribution in [-0.4, -0.2) is 31.1 Å². The number of halogens is 1. The van der Waals surface area contributed by atoms with Crippen molar-refractivity contribution in [1.82, 2.24) is 4.90 Å². The Balaban J connectivity index is 2.00. The molecule has 0 saturated carbocycles. The van der Waals surface area contributed by atoms with E-state index in [2.05, 4.69) is 0 Å². The van der Waals surface area contributed by atoms with Crippen molar-refractivity contribution < 1.29 is 9.53 Å². The van der Waals surface area contributed by atoms with E-state index in [0.29, 0.717) is 0 Å². The minimum atomic E-state index is 0.0630. The van der Waals surface area contributed by atoms with Gasteiger partial charge in [0, 0.05) is 31.2 Å². The van der Waals surface area contributed by atoms with Gasteiger partial charge in [0.15, 0.2) is 0 Å². The Hall–Kier alpha value is -1.06. The van der Waals surface area contributed by atoms with E-state index in [9.17, 15) is 4.79 Å². The summed E-state index contributed by atoms with van der Waals surface area (Å²) in [6.07, 6.45) is 3.93. The van der Waals surface area contributed by atoms with E-state index in [1.807, 2.05) is 36.1 Å². The van der Waals surface area contributed by atoms with Crippen molar-refractivity contribution in [2.75, 3.05) is 20.3 Å². The van der Waals surface area contributed by atoms with Gasteiger partial charge in [-0.3, -0.25) is 4.79 Å². The van der Waals surface area contributed by atoms with Crippen LogP contribution >= 0.6 is 11.6 Å². The average Bonchev–Trinajstić information content (AvgIpc) is 2.96. The quantitative estimate of drug-likeness (QED) is 0.741. The maximum absolute atomic E-state index is 12.6. The van der Waals surface area contributed by atoms with Gasteiger partial charge in [-0.25, -0.2) is 0 Å². The second-order valence-electron chi connectivity index (χ2n) is 5.78. The Labute approximate surface area is 132 Å². The summed E-state index contributed by atoms with van der Waals surface area (Å²) in [6.45, 7) is 3.61. The van der Waals surface area contributed by atoms with Crippen LogP contribution in [0, 0.1) is 5.92 Å². The molecular formula is C17H24ClNO2. The molecule has 0 N–H and O–H groups in total. The largest absolute Gasteiger partial charge is 0.385 e. The lowest BCUT2D eigenvalue weighted by atomic mass is 10.0. The van der Waals surface area contributed by atoms with E-state index in [0.717, 1.165) is 43.9 Å². The smallest absolute Gasteiger partial charge is 0.225 e. The minimum absolute atomic E-state index is 0.0630. The average molecular weight is 310 g/mol. The molecular weight excluding hydrogens is 286 g/mol. The molecule has 0 spiro atoms. The van der Waals surface area contributed by atoms with Crippen molar-refractivity contribution in [2.45, 2.75) is 38.6 Å². The lowest BCUT2D eigenvalue weighted by Crippen LogP contribution is -2.34. The summed E-state index contributed by atoms with van der Waals surface area (Å²) in [7, 11) is 1.70. The zero-order valence-corrected chi connectivity index (χ0v) is 13.6. The van der Waals surface area contributed by atoms with Gasteiger partial charge in [-0.1, -0.05) is 30.7 Å². The Kier molecular flexibility index (Phi) is 6.07. The van der Waals surface area contributed by atoms with Crippen molar-refractivity contribution in [2.24, 2.45) is 5.92 Å². The lowest BCUT2D eigenvalue weighted by molar-refractivity contribution is -0.136. The molecule has 1 aliphatic heterocycles. The predicted octanol–water partition coefficient (Wildman–Crippen LogP) is 4.07. The number of ether oxygens (including phenoxy) is 1. The van der Waals surface area contributed by atoms with Gasteiger partial charge in [-0.05, 0) is 43.4 Å². The summed E-state index contributed by atoms with van der Waals surface area (Å²) < 4.78 is 5.06. The van der Waals surface area contributed by atoms with Crippen molar-refractivity contribution >= 4 is 17.5 Å². The van der Waals surface area contributed by atoms with Crippen LogP contribution in [0.3, 0.4) is 0 Å². The topological polar surface area (TPSA) is 29.5 Å². The first-order chi connectivity index (χ1) is 10.1. The van der Waals surface area contributed by atoms with Gasteiger partial charge in [-0.15, -0.1) is 0 Å². The summed E-state index contributed by atoms with van der Waals surface area (Å²) in [6, 6.07) is 8.09. The third-order valence-corrected chi connectivity index (χ3v) is 4.45. The molecule has 116 valence electrons. The van der Waals surface area contributed by atoms with E-state index >= 15 is 0 Å². The number of likely N-dealkylation sites (tertiary alicyclic amines) is 1. The second-order valence-corrected chi connectivity index (χ2v) is 6.21. The molecule has 1 aliphatic rings. The van der Waals surface area contributed by atoms with Crippen molar-refractivity contribution in [3.63, 3.8) is 0 Å². The molecule has 4 heteroatoms. The van der Waals surface area contributed by atoms with Crippen LogP contribution in [0.25, 0.3) is 0 Å². The van der Waals surface area contributed by atoms with Crippen LogP contribution in [-0.2, 0) is 9.53 Å². The number of rotatable bonds is 6. The van der Waals surface area contributed by atoms with E-state index in [1.165, 1.54) is 5.56 Å². The SMILES string of the molecule is COCCCC(C)C(=O)N1CCCC1c1ccc(Cl)cc1. The van der Waals surface area contributed by atoms with Gasteiger partial charge < -0.3 is 9.64 Å². The molecule has 2 rings (SSSR count). The van der Waals surface area contributed by atoms with E-state index < -0.39 is 0 Å². The molecule has 0 radical (unpaired) electrons. The molecule has 1 saturated heterocycles. The Morgan fingerprint density at radius 1 is 1.43 bits per heavy atom. The van der Waals surface area contributed by atoms with Crippen molar-refractivity contribution in [3.8, 4) is 0 Å². The van der Waals surface area contributed by atoms with Gasteiger partial charge in [0.25, 0.3) is 0 Å². The molecule has 0 aliphatic carbocycles. The Bertz CT molecular complexity index is 460. The molecule has 1 amide bonds. The molecule has 1 aromatic carbocycles. The summed E-state index contributed by atoms with van der Waals surface area (Å²) in [5, 5.41) is 0.738. The fourth-order valence-electron chi connectivity index (χ4n) is 3.00. The fraction of sp³-hybridized carbons (Fsp3) is 0.588. The van der Waals surface area contributed by atoms with Crippen LogP contribution in [0.1, 0.15) is 44.2 Å². The highest BCUT2D eigenvalue weighted by Crippen LogP contribution is 2.34. The van der Waals surface area contributed by atoms with Crippen molar-refractivity contribution in [1.29, 1.82) is 0 Å². The number of benzene rings is 1. The number of hydrogen-bond donors (Lipinski definition) is 0. The van der Waals surface area contributed by atoms with Crippen molar-refractivity contribution in [3.05, 3.63) is 34.9 Å². The Morgan fingerprint density at radius 3 is 2.81 bits per heavy atom. The van der Waals surface area contributed by atoms with E-state index in [4.69, 9.17) is 16.3 Å². The van der Waals surface area contributed by atoms with E-state index in [-0.39, 0.29) is 17.9 Å². The highest BCUT2D eigenvalue weighted by Gasteiger charge is 2.31. The molecule has 1 aromatic rings. The number of carbonyl (C=O) groups is 1. The number of methoxy groups -OCH3 is 1.